The Balaban J connectivity index is 2.62. The largest absolute Gasteiger partial charge is 0.362 e. The second-order valence-electron chi connectivity index (χ2n) is 4.75. The number of rotatable bonds is 7. The number of hydrogen-bond donors (Lipinski definition) is 2. The molecular formula is C16H26N2S. The third kappa shape index (κ3) is 5.19. The van der Waals surface area contributed by atoms with Crippen LogP contribution in [-0.2, 0) is 12.8 Å². The molecule has 1 aromatic rings. The number of aryl methyl sites for hydroxylation is 2. The van der Waals surface area contributed by atoms with Gasteiger partial charge in [0.05, 0.1) is 0 Å². The van der Waals surface area contributed by atoms with Gasteiger partial charge in [-0.2, -0.15) is 0 Å². The maximum absolute atomic E-state index is 5.38. The van der Waals surface area contributed by atoms with E-state index in [9.17, 15) is 0 Å². The first-order chi connectivity index (χ1) is 9.22. The molecule has 19 heavy (non-hydrogen) atoms. The van der Waals surface area contributed by atoms with Crippen molar-refractivity contribution in [3.8, 4) is 0 Å². The Labute approximate surface area is 123 Å². The van der Waals surface area contributed by atoms with Gasteiger partial charge in [-0.3, -0.25) is 0 Å². The van der Waals surface area contributed by atoms with Gasteiger partial charge in [-0.15, -0.1) is 0 Å². The second kappa shape index (κ2) is 8.92. The Bertz CT molecular complexity index is 379. The summed E-state index contributed by atoms with van der Waals surface area (Å²) >= 11 is 5.38. The summed E-state index contributed by atoms with van der Waals surface area (Å²) in [5, 5.41) is 7.41. The zero-order valence-corrected chi connectivity index (χ0v) is 13.2. The van der Waals surface area contributed by atoms with Crippen molar-refractivity contribution in [1.29, 1.82) is 0 Å². The van der Waals surface area contributed by atoms with Gasteiger partial charge in [0, 0.05) is 12.2 Å². The molecule has 0 amide bonds. The second-order valence-corrected chi connectivity index (χ2v) is 5.15. The fraction of sp³-hybridized carbons (Fsp3) is 0.562. The van der Waals surface area contributed by atoms with E-state index in [0.29, 0.717) is 0 Å². The van der Waals surface area contributed by atoms with Gasteiger partial charge in [0.1, 0.15) is 0 Å². The first kappa shape index (κ1) is 16.0. The first-order valence-electron chi connectivity index (χ1n) is 7.38. The molecule has 0 aliphatic carbocycles. The fourth-order valence-corrected chi connectivity index (χ4v) is 2.34. The van der Waals surface area contributed by atoms with Crippen molar-refractivity contribution in [2.45, 2.75) is 52.9 Å². The van der Waals surface area contributed by atoms with Crippen LogP contribution in [0.25, 0.3) is 0 Å². The summed E-state index contributed by atoms with van der Waals surface area (Å²) in [6, 6.07) is 6.46. The molecule has 3 heteroatoms. The molecule has 0 saturated heterocycles. The van der Waals surface area contributed by atoms with Crippen LogP contribution in [0.3, 0.4) is 0 Å². The van der Waals surface area contributed by atoms with Crippen molar-refractivity contribution in [2.75, 3.05) is 11.9 Å². The van der Waals surface area contributed by atoms with Crippen molar-refractivity contribution in [3.05, 3.63) is 29.3 Å². The van der Waals surface area contributed by atoms with E-state index in [4.69, 9.17) is 12.2 Å². The lowest BCUT2D eigenvalue weighted by Gasteiger charge is -2.16. The minimum Gasteiger partial charge on any atom is -0.362 e. The highest BCUT2D eigenvalue weighted by Gasteiger charge is 2.07. The molecule has 2 nitrogen and oxygen atoms in total. The Morgan fingerprint density at radius 2 is 1.68 bits per heavy atom. The molecule has 0 aliphatic rings. The Hall–Kier alpha value is -1.09. The molecule has 0 aliphatic heterocycles. The third-order valence-corrected chi connectivity index (χ3v) is 3.55. The summed E-state index contributed by atoms with van der Waals surface area (Å²) < 4.78 is 0. The number of anilines is 1. The molecule has 0 radical (unpaired) electrons. The summed E-state index contributed by atoms with van der Waals surface area (Å²) in [5.41, 5.74) is 3.86. The Morgan fingerprint density at radius 3 is 2.21 bits per heavy atom. The molecule has 0 bridgehead atoms. The number of hydrogen-bond acceptors (Lipinski definition) is 1. The molecule has 106 valence electrons. The van der Waals surface area contributed by atoms with Gasteiger partial charge < -0.3 is 10.6 Å². The van der Waals surface area contributed by atoms with Crippen LogP contribution in [0.4, 0.5) is 5.69 Å². The maximum atomic E-state index is 5.38. The molecule has 1 rings (SSSR count). The van der Waals surface area contributed by atoms with Gasteiger partial charge in [0.25, 0.3) is 0 Å². The lowest BCUT2D eigenvalue weighted by Crippen LogP contribution is -2.30. The van der Waals surface area contributed by atoms with E-state index in [-0.39, 0.29) is 0 Å². The highest BCUT2D eigenvalue weighted by molar-refractivity contribution is 7.80. The molecule has 0 atom stereocenters. The standard InChI is InChI=1S/C16H26N2S/c1-4-7-8-12-17-16(19)18-15-13(5-2)10-9-11-14(15)6-3/h9-11H,4-8,12H2,1-3H3,(H2,17,18,19). The van der Waals surface area contributed by atoms with Crippen LogP contribution in [-0.4, -0.2) is 11.7 Å². The van der Waals surface area contributed by atoms with Crippen LogP contribution in [0, 0.1) is 0 Å². The highest BCUT2D eigenvalue weighted by Crippen LogP contribution is 2.22. The average Bonchev–Trinajstić information content (AvgIpc) is 2.43. The van der Waals surface area contributed by atoms with E-state index >= 15 is 0 Å². The quantitative estimate of drug-likeness (QED) is 0.575. The van der Waals surface area contributed by atoms with Gasteiger partial charge in [-0.25, -0.2) is 0 Å². The minimum absolute atomic E-state index is 0.742. The zero-order chi connectivity index (χ0) is 14.1. The van der Waals surface area contributed by atoms with E-state index in [0.717, 1.165) is 24.5 Å². The van der Waals surface area contributed by atoms with Crippen LogP contribution in [0.1, 0.15) is 51.2 Å². The number of unbranched alkanes of at least 4 members (excludes halogenated alkanes) is 2. The number of para-hydroxylation sites is 1. The summed E-state index contributed by atoms with van der Waals surface area (Å²) in [6.45, 7) is 7.52. The van der Waals surface area contributed by atoms with E-state index < -0.39 is 0 Å². The smallest absolute Gasteiger partial charge is 0.170 e. The van der Waals surface area contributed by atoms with Crippen LogP contribution < -0.4 is 10.6 Å². The lowest BCUT2D eigenvalue weighted by atomic mass is 10.0. The monoisotopic (exact) mass is 278 g/mol. The predicted molar refractivity (Wildman–Crippen MR) is 88.9 cm³/mol. The first-order valence-corrected chi connectivity index (χ1v) is 7.79. The van der Waals surface area contributed by atoms with Crippen LogP contribution in [0.15, 0.2) is 18.2 Å². The van der Waals surface area contributed by atoms with Gasteiger partial charge in [0.15, 0.2) is 5.11 Å². The van der Waals surface area contributed by atoms with Crippen LogP contribution >= 0.6 is 12.2 Å². The minimum atomic E-state index is 0.742. The van der Waals surface area contributed by atoms with Crippen molar-refractivity contribution < 1.29 is 0 Å². The normalized spacial score (nSPS) is 10.3. The fourth-order valence-electron chi connectivity index (χ4n) is 2.14. The predicted octanol–water partition coefficient (Wildman–Crippen LogP) is 4.29. The Kier molecular flexibility index (Phi) is 7.49. The summed E-state index contributed by atoms with van der Waals surface area (Å²) in [6.07, 6.45) is 5.71. The number of benzene rings is 1. The molecule has 2 N–H and O–H groups in total. The van der Waals surface area contributed by atoms with Gasteiger partial charge >= 0.3 is 0 Å². The van der Waals surface area contributed by atoms with Crippen molar-refractivity contribution in [3.63, 3.8) is 0 Å². The lowest BCUT2D eigenvalue weighted by molar-refractivity contribution is 0.698. The van der Waals surface area contributed by atoms with Crippen molar-refractivity contribution in [2.24, 2.45) is 0 Å². The topological polar surface area (TPSA) is 24.1 Å². The molecule has 0 unspecified atom stereocenters. The molecule has 0 spiro atoms. The Morgan fingerprint density at radius 1 is 1.05 bits per heavy atom. The van der Waals surface area contributed by atoms with Crippen molar-refractivity contribution in [1.82, 2.24) is 5.32 Å². The van der Waals surface area contributed by atoms with E-state index in [1.165, 1.54) is 36.1 Å². The van der Waals surface area contributed by atoms with Crippen LogP contribution in [0.5, 0.6) is 0 Å². The summed E-state index contributed by atoms with van der Waals surface area (Å²) in [5.74, 6) is 0. The summed E-state index contributed by atoms with van der Waals surface area (Å²) in [4.78, 5) is 0. The number of thiocarbonyl (C=S) groups is 1. The average molecular weight is 278 g/mol. The summed E-state index contributed by atoms with van der Waals surface area (Å²) in [7, 11) is 0. The van der Waals surface area contributed by atoms with Crippen LogP contribution in [0.2, 0.25) is 0 Å². The van der Waals surface area contributed by atoms with Gasteiger partial charge in [-0.05, 0) is 42.6 Å². The SMILES string of the molecule is CCCCCNC(=S)Nc1c(CC)cccc1CC. The van der Waals surface area contributed by atoms with Gasteiger partial charge in [0.2, 0.25) is 0 Å². The zero-order valence-electron chi connectivity index (χ0n) is 12.4. The van der Waals surface area contributed by atoms with Crippen molar-refractivity contribution >= 4 is 23.0 Å². The molecule has 0 fully saturated rings. The molecule has 0 saturated carbocycles. The molecule has 1 aromatic carbocycles. The maximum Gasteiger partial charge on any atom is 0.170 e. The molecule has 0 heterocycles. The third-order valence-electron chi connectivity index (χ3n) is 3.30. The van der Waals surface area contributed by atoms with Gasteiger partial charge in [-0.1, -0.05) is 51.8 Å². The number of nitrogens with one attached hydrogen (secondary N) is 2. The molecular weight excluding hydrogens is 252 g/mol. The van der Waals surface area contributed by atoms with E-state index in [1.54, 1.807) is 0 Å². The van der Waals surface area contributed by atoms with E-state index in [2.05, 4.69) is 49.6 Å². The highest BCUT2D eigenvalue weighted by atomic mass is 32.1. The van der Waals surface area contributed by atoms with E-state index in [1.807, 2.05) is 0 Å². The molecule has 0 aromatic heterocycles.